The Labute approximate surface area is 117 Å². The summed E-state index contributed by atoms with van der Waals surface area (Å²) in [5.74, 6) is 0.566. The Morgan fingerprint density at radius 1 is 1.53 bits per heavy atom. The van der Waals surface area contributed by atoms with Crippen molar-refractivity contribution in [3.8, 4) is 0 Å². The average molecular weight is 280 g/mol. The predicted octanol–water partition coefficient (Wildman–Crippen LogP) is 2.91. The quantitative estimate of drug-likeness (QED) is 0.856. The molecular weight excluding hydrogens is 262 g/mol. The first-order chi connectivity index (χ1) is 9.00. The van der Waals surface area contributed by atoms with Gasteiger partial charge in [0.1, 0.15) is 5.82 Å². The van der Waals surface area contributed by atoms with E-state index in [0.29, 0.717) is 19.4 Å². The number of carbonyl (C=O) groups excluding carboxylic acids is 1. The van der Waals surface area contributed by atoms with Crippen LogP contribution in [0, 0.1) is 6.92 Å². The molecule has 0 fully saturated rings. The molecule has 1 aromatic carbocycles. The molecular formula is C14H18ClN3O. The number of imidazole rings is 1. The maximum atomic E-state index is 10.8. The second-order valence-corrected chi connectivity index (χ2v) is 5.40. The van der Waals surface area contributed by atoms with Crippen LogP contribution in [0.5, 0.6) is 0 Å². The molecule has 4 nitrogen and oxygen atoms in total. The summed E-state index contributed by atoms with van der Waals surface area (Å²) in [6.45, 7) is 4.64. The summed E-state index contributed by atoms with van der Waals surface area (Å²) in [5, 5.41) is -0.166. The zero-order chi connectivity index (χ0) is 14.0. The summed E-state index contributed by atoms with van der Waals surface area (Å²) < 4.78 is 2.09. The summed E-state index contributed by atoms with van der Waals surface area (Å²) in [5.41, 5.74) is 8.34. The van der Waals surface area contributed by atoms with E-state index >= 15 is 0 Å². The van der Waals surface area contributed by atoms with Gasteiger partial charge >= 0.3 is 0 Å². The second-order valence-electron chi connectivity index (χ2n) is 4.75. The smallest absolute Gasteiger partial charge is 0.217 e. The van der Waals surface area contributed by atoms with Crippen LogP contribution in [0.25, 0.3) is 11.0 Å². The fourth-order valence-electron chi connectivity index (χ4n) is 2.26. The van der Waals surface area contributed by atoms with Crippen LogP contribution in [-0.4, -0.2) is 15.5 Å². The Kier molecular flexibility index (Phi) is 4.10. The minimum atomic E-state index is -0.277. The first-order valence-corrected chi connectivity index (χ1v) is 6.82. The van der Waals surface area contributed by atoms with E-state index in [4.69, 9.17) is 17.3 Å². The molecule has 0 bridgehead atoms. The van der Waals surface area contributed by atoms with E-state index in [-0.39, 0.29) is 11.3 Å². The molecule has 0 saturated carbocycles. The molecule has 1 atom stereocenters. The first kappa shape index (κ1) is 13.9. The van der Waals surface area contributed by atoms with Gasteiger partial charge in [-0.1, -0.05) is 12.1 Å². The monoisotopic (exact) mass is 279 g/mol. The number of hydrogen-bond acceptors (Lipinski definition) is 2. The number of carbonyl (C=O) groups is 1. The van der Waals surface area contributed by atoms with Crippen LogP contribution >= 0.6 is 11.6 Å². The molecule has 1 heterocycles. The van der Waals surface area contributed by atoms with Gasteiger partial charge in [0.25, 0.3) is 0 Å². The lowest BCUT2D eigenvalue weighted by atomic mass is 10.2. The number of hydrogen-bond donors (Lipinski definition) is 1. The molecule has 19 heavy (non-hydrogen) atoms. The number of para-hydroxylation sites is 1. The van der Waals surface area contributed by atoms with E-state index in [2.05, 4.69) is 9.55 Å². The summed E-state index contributed by atoms with van der Waals surface area (Å²) in [6, 6.07) is 6.07. The summed E-state index contributed by atoms with van der Waals surface area (Å²) >= 11 is 6.20. The van der Waals surface area contributed by atoms with Crippen molar-refractivity contribution in [1.82, 2.24) is 9.55 Å². The summed E-state index contributed by atoms with van der Waals surface area (Å²) in [4.78, 5) is 15.5. The van der Waals surface area contributed by atoms with Crippen LogP contribution in [-0.2, 0) is 11.3 Å². The Hall–Kier alpha value is -1.55. The Balaban J connectivity index is 2.41. The number of benzene rings is 1. The second kappa shape index (κ2) is 5.61. The van der Waals surface area contributed by atoms with Crippen LogP contribution in [0.1, 0.15) is 36.5 Å². The maximum absolute atomic E-state index is 10.8. The van der Waals surface area contributed by atoms with Gasteiger partial charge in [0.05, 0.1) is 16.4 Å². The van der Waals surface area contributed by atoms with E-state index < -0.39 is 0 Å². The summed E-state index contributed by atoms with van der Waals surface area (Å²) in [6.07, 6.45) is 1.08. The van der Waals surface area contributed by atoms with Gasteiger partial charge in [-0.15, -0.1) is 11.6 Å². The third-order valence-electron chi connectivity index (χ3n) is 3.17. The minimum Gasteiger partial charge on any atom is -0.370 e. The zero-order valence-electron chi connectivity index (χ0n) is 11.2. The molecule has 102 valence electrons. The number of fused-ring (bicyclic) bond motifs is 1. The number of rotatable bonds is 5. The van der Waals surface area contributed by atoms with Crippen molar-refractivity contribution < 1.29 is 4.79 Å². The normalized spacial score (nSPS) is 12.8. The van der Waals surface area contributed by atoms with E-state index in [0.717, 1.165) is 22.4 Å². The molecule has 1 aromatic heterocycles. The third kappa shape index (κ3) is 2.89. The highest BCUT2D eigenvalue weighted by molar-refractivity contribution is 6.20. The highest BCUT2D eigenvalue weighted by Crippen LogP contribution is 2.26. The predicted molar refractivity (Wildman–Crippen MR) is 77.2 cm³/mol. The van der Waals surface area contributed by atoms with Gasteiger partial charge in [0.15, 0.2) is 0 Å². The lowest BCUT2D eigenvalue weighted by molar-refractivity contribution is -0.118. The van der Waals surface area contributed by atoms with Gasteiger partial charge in [-0.05, 0) is 31.9 Å². The van der Waals surface area contributed by atoms with Crippen LogP contribution in [0.3, 0.4) is 0 Å². The van der Waals surface area contributed by atoms with Crippen LogP contribution in [0.2, 0.25) is 0 Å². The number of amides is 1. The van der Waals surface area contributed by atoms with Crippen LogP contribution < -0.4 is 5.73 Å². The molecule has 2 N–H and O–H groups in total. The van der Waals surface area contributed by atoms with Crippen molar-refractivity contribution in [2.75, 3.05) is 0 Å². The van der Waals surface area contributed by atoms with E-state index in [1.807, 2.05) is 32.0 Å². The fourth-order valence-corrected chi connectivity index (χ4v) is 2.42. The number of halogens is 1. The Morgan fingerprint density at radius 3 is 2.89 bits per heavy atom. The lowest BCUT2D eigenvalue weighted by Gasteiger charge is -2.09. The number of aromatic nitrogens is 2. The number of nitrogens with zero attached hydrogens (tertiary/aromatic N) is 2. The average Bonchev–Trinajstić information content (AvgIpc) is 2.70. The molecule has 0 aliphatic carbocycles. The van der Waals surface area contributed by atoms with Gasteiger partial charge < -0.3 is 10.3 Å². The topological polar surface area (TPSA) is 60.9 Å². The number of nitrogens with two attached hydrogens (primary N) is 1. The van der Waals surface area contributed by atoms with Gasteiger partial charge in [0, 0.05) is 13.0 Å². The molecule has 5 heteroatoms. The Bertz CT molecular complexity index is 604. The van der Waals surface area contributed by atoms with Gasteiger partial charge in [0.2, 0.25) is 5.91 Å². The number of primary amides is 1. The van der Waals surface area contributed by atoms with Gasteiger partial charge in [-0.25, -0.2) is 4.98 Å². The highest BCUT2D eigenvalue weighted by Gasteiger charge is 2.15. The molecule has 0 spiro atoms. The molecule has 0 radical (unpaired) electrons. The molecule has 1 unspecified atom stereocenters. The van der Waals surface area contributed by atoms with Crippen molar-refractivity contribution in [2.45, 2.75) is 38.6 Å². The van der Waals surface area contributed by atoms with Gasteiger partial charge in [-0.2, -0.15) is 0 Å². The number of aryl methyl sites for hydroxylation is 2. The van der Waals surface area contributed by atoms with Crippen LogP contribution in [0.4, 0.5) is 0 Å². The van der Waals surface area contributed by atoms with Crippen molar-refractivity contribution in [1.29, 1.82) is 0 Å². The first-order valence-electron chi connectivity index (χ1n) is 6.39. The van der Waals surface area contributed by atoms with E-state index in [1.54, 1.807) is 0 Å². The Morgan fingerprint density at radius 2 is 2.26 bits per heavy atom. The third-order valence-corrected chi connectivity index (χ3v) is 3.37. The van der Waals surface area contributed by atoms with Crippen molar-refractivity contribution in [3.63, 3.8) is 0 Å². The summed E-state index contributed by atoms with van der Waals surface area (Å²) in [7, 11) is 0. The standard InChI is InChI=1S/C14H18ClN3O/c1-9-5-3-6-11-13(9)17-14(10(2)15)18(11)8-4-7-12(16)19/h3,5-6,10H,4,7-8H2,1-2H3,(H2,16,19). The molecule has 0 aliphatic heterocycles. The molecule has 1 amide bonds. The molecule has 0 aliphatic rings. The van der Waals surface area contributed by atoms with Gasteiger partial charge in [-0.3, -0.25) is 4.79 Å². The van der Waals surface area contributed by atoms with Crippen molar-refractivity contribution in [2.24, 2.45) is 5.73 Å². The zero-order valence-corrected chi connectivity index (χ0v) is 11.9. The van der Waals surface area contributed by atoms with Crippen molar-refractivity contribution in [3.05, 3.63) is 29.6 Å². The molecule has 2 rings (SSSR count). The largest absolute Gasteiger partial charge is 0.370 e. The SMILES string of the molecule is Cc1cccc2c1nc(C(C)Cl)n2CCCC(N)=O. The maximum Gasteiger partial charge on any atom is 0.217 e. The minimum absolute atomic E-state index is 0.166. The van der Waals surface area contributed by atoms with Crippen LogP contribution in [0.15, 0.2) is 18.2 Å². The van der Waals surface area contributed by atoms with E-state index in [9.17, 15) is 4.79 Å². The van der Waals surface area contributed by atoms with Crippen molar-refractivity contribution >= 4 is 28.5 Å². The molecule has 2 aromatic rings. The lowest BCUT2D eigenvalue weighted by Crippen LogP contribution is -2.12. The highest BCUT2D eigenvalue weighted by atomic mass is 35.5. The number of alkyl halides is 1. The molecule has 0 saturated heterocycles. The van der Waals surface area contributed by atoms with E-state index in [1.165, 1.54) is 0 Å². The fraction of sp³-hybridized carbons (Fsp3) is 0.429.